The summed E-state index contributed by atoms with van der Waals surface area (Å²) in [6.07, 6.45) is 3.72. The molecule has 2 fully saturated rings. The molecule has 2 unspecified atom stereocenters. The predicted octanol–water partition coefficient (Wildman–Crippen LogP) is 2.12. The van der Waals surface area contributed by atoms with Gasteiger partial charge in [0.2, 0.25) is 0 Å². The van der Waals surface area contributed by atoms with Crippen LogP contribution in [-0.4, -0.2) is 40.2 Å². The van der Waals surface area contributed by atoms with Crippen molar-refractivity contribution in [2.75, 3.05) is 12.4 Å². The fourth-order valence-electron chi connectivity index (χ4n) is 3.75. The molecule has 2 aliphatic rings. The first-order valence-corrected chi connectivity index (χ1v) is 7.47. The fourth-order valence-corrected chi connectivity index (χ4v) is 3.75. The van der Waals surface area contributed by atoms with Crippen LogP contribution in [0.2, 0.25) is 0 Å². The number of aliphatic hydroxyl groups excluding tert-OH is 1. The number of hydrogen-bond donors (Lipinski definition) is 2. The van der Waals surface area contributed by atoms with Gasteiger partial charge in [-0.25, -0.2) is 0 Å². The standard InChI is InChI=1S/C15H21N3O3/c1-16-14-5-2-10(6-15(14)18(20)21)9-17-11-3-4-12(17)8-13(19)7-11/h2,5-6,11-13,16,19H,3-4,7-9H2,1H3. The highest BCUT2D eigenvalue weighted by molar-refractivity contribution is 5.62. The molecule has 2 heterocycles. The Kier molecular flexibility index (Phi) is 3.82. The molecule has 6 heteroatoms. The highest BCUT2D eigenvalue weighted by Gasteiger charge is 2.39. The van der Waals surface area contributed by atoms with Gasteiger partial charge >= 0.3 is 0 Å². The summed E-state index contributed by atoms with van der Waals surface area (Å²) in [5.41, 5.74) is 1.63. The number of rotatable bonds is 4. The average Bonchev–Trinajstić information content (AvgIpc) is 2.70. The maximum absolute atomic E-state index is 11.1. The first kappa shape index (κ1) is 14.3. The van der Waals surface area contributed by atoms with Crippen LogP contribution in [0.15, 0.2) is 18.2 Å². The number of nitro groups is 1. The van der Waals surface area contributed by atoms with Gasteiger partial charge in [-0.1, -0.05) is 6.07 Å². The summed E-state index contributed by atoms with van der Waals surface area (Å²) < 4.78 is 0. The van der Waals surface area contributed by atoms with E-state index in [4.69, 9.17) is 0 Å². The molecule has 2 saturated heterocycles. The van der Waals surface area contributed by atoms with Gasteiger partial charge in [0.15, 0.2) is 0 Å². The van der Waals surface area contributed by atoms with Crippen molar-refractivity contribution in [3.8, 4) is 0 Å². The summed E-state index contributed by atoms with van der Waals surface area (Å²) in [5.74, 6) is 0. The minimum Gasteiger partial charge on any atom is -0.393 e. The molecule has 21 heavy (non-hydrogen) atoms. The molecule has 0 saturated carbocycles. The zero-order valence-electron chi connectivity index (χ0n) is 12.2. The average molecular weight is 291 g/mol. The SMILES string of the molecule is CNc1ccc(CN2C3CCC2CC(O)C3)cc1[N+](=O)[O-]. The highest BCUT2D eigenvalue weighted by Crippen LogP contribution is 2.37. The van der Waals surface area contributed by atoms with Crippen molar-refractivity contribution in [2.45, 2.75) is 50.4 Å². The van der Waals surface area contributed by atoms with Gasteiger partial charge in [-0.15, -0.1) is 0 Å². The lowest BCUT2D eigenvalue weighted by Gasteiger charge is -2.37. The maximum atomic E-state index is 11.1. The van der Waals surface area contributed by atoms with Crippen molar-refractivity contribution in [1.82, 2.24) is 4.90 Å². The van der Waals surface area contributed by atoms with Crippen LogP contribution in [0.1, 0.15) is 31.2 Å². The first-order valence-electron chi connectivity index (χ1n) is 7.47. The third kappa shape index (κ3) is 2.73. The summed E-state index contributed by atoms with van der Waals surface area (Å²) in [5, 5.41) is 23.8. The van der Waals surface area contributed by atoms with Crippen molar-refractivity contribution in [2.24, 2.45) is 0 Å². The predicted molar refractivity (Wildman–Crippen MR) is 80.2 cm³/mol. The molecule has 0 radical (unpaired) electrons. The number of aliphatic hydroxyl groups is 1. The number of benzene rings is 1. The number of hydrogen-bond acceptors (Lipinski definition) is 5. The van der Waals surface area contributed by atoms with Crippen LogP contribution in [0.5, 0.6) is 0 Å². The summed E-state index contributed by atoms with van der Waals surface area (Å²) in [7, 11) is 1.69. The van der Waals surface area contributed by atoms with Crippen molar-refractivity contribution < 1.29 is 10.0 Å². The van der Waals surface area contributed by atoms with Gasteiger partial charge < -0.3 is 10.4 Å². The zero-order valence-corrected chi connectivity index (χ0v) is 12.2. The number of nitrogens with one attached hydrogen (secondary N) is 1. The Hall–Kier alpha value is -1.66. The molecule has 1 aromatic carbocycles. The molecular formula is C15H21N3O3. The highest BCUT2D eigenvalue weighted by atomic mass is 16.6. The molecule has 3 rings (SSSR count). The molecular weight excluding hydrogens is 270 g/mol. The Balaban J connectivity index is 1.79. The third-order valence-electron chi connectivity index (χ3n) is 4.75. The lowest BCUT2D eigenvalue weighted by molar-refractivity contribution is -0.384. The second kappa shape index (κ2) is 5.61. The lowest BCUT2D eigenvalue weighted by Crippen LogP contribution is -2.44. The Morgan fingerprint density at radius 2 is 2.05 bits per heavy atom. The van der Waals surface area contributed by atoms with Crippen LogP contribution in [0.4, 0.5) is 11.4 Å². The molecule has 114 valence electrons. The molecule has 0 spiro atoms. The summed E-state index contributed by atoms with van der Waals surface area (Å²) in [4.78, 5) is 13.2. The lowest BCUT2D eigenvalue weighted by atomic mass is 9.99. The van der Waals surface area contributed by atoms with Gasteiger partial charge in [0.1, 0.15) is 5.69 Å². The molecule has 2 aliphatic heterocycles. The second-order valence-corrected chi connectivity index (χ2v) is 6.04. The smallest absolute Gasteiger partial charge is 0.292 e. The topological polar surface area (TPSA) is 78.6 Å². The van der Waals surface area contributed by atoms with E-state index in [0.717, 1.165) is 37.8 Å². The minimum absolute atomic E-state index is 0.124. The van der Waals surface area contributed by atoms with E-state index >= 15 is 0 Å². The van der Waals surface area contributed by atoms with Gasteiger partial charge in [0.25, 0.3) is 5.69 Å². The first-order chi connectivity index (χ1) is 10.1. The third-order valence-corrected chi connectivity index (χ3v) is 4.75. The van der Waals surface area contributed by atoms with E-state index in [-0.39, 0.29) is 16.7 Å². The molecule has 0 amide bonds. The molecule has 1 aromatic rings. The Bertz CT molecular complexity index is 535. The van der Waals surface area contributed by atoms with Gasteiger partial charge in [-0.3, -0.25) is 15.0 Å². The Morgan fingerprint density at radius 1 is 1.38 bits per heavy atom. The van der Waals surface area contributed by atoms with Crippen LogP contribution in [-0.2, 0) is 6.54 Å². The number of nitrogens with zero attached hydrogens (tertiary/aromatic N) is 2. The molecule has 0 aromatic heterocycles. The quantitative estimate of drug-likeness (QED) is 0.656. The molecule has 2 N–H and O–H groups in total. The van der Waals surface area contributed by atoms with Gasteiger partial charge in [0, 0.05) is 31.7 Å². The van der Waals surface area contributed by atoms with E-state index in [9.17, 15) is 15.2 Å². The van der Waals surface area contributed by atoms with E-state index in [1.807, 2.05) is 6.07 Å². The monoisotopic (exact) mass is 291 g/mol. The summed E-state index contributed by atoms with van der Waals surface area (Å²) >= 11 is 0. The van der Waals surface area contributed by atoms with Crippen molar-refractivity contribution in [1.29, 1.82) is 0 Å². The van der Waals surface area contributed by atoms with Crippen molar-refractivity contribution >= 4 is 11.4 Å². The van der Waals surface area contributed by atoms with E-state index in [2.05, 4.69) is 10.2 Å². The van der Waals surface area contributed by atoms with Gasteiger partial charge in [-0.05, 0) is 37.3 Å². The largest absolute Gasteiger partial charge is 0.393 e. The van der Waals surface area contributed by atoms with Crippen LogP contribution in [0.25, 0.3) is 0 Å². The van der Waals surface area contributed by atoms with Gasteiger partial charge in [-0.2, -0.15) is 0 Å². The van der Waals surface area contributed by atoms with Crippen LogP contribution in [0.3, 0.4) is 0 Å². The molecule has 2 bridgehead atoms. The van der Waals surface area contributed by atoms with Crippen molar-refractivity contribution in [3.63, 3.8) is 0 Å². The van der Waals surface area contributed by atoms with E-state index in [0.29, 0.717) is 17.8 Å². The maximum Gasteiger partial charge on any atom is 0.292 e. The normalized spacial score (nSPS) is 28.6. The van der Waals surface area contributed by atoms with Crippen LogP contribution in [0, 0.1) is 10.1 Å². The number of anilines is 1. The molecule has 2 atom stereocenters. The summed E-state index contributed by atoms with van der Waals surface area (Å²) in [6.45, 7) is 0.729. The Morgan fingerprint density at radius 3 is 2.62 bits per heavy atom. The van der Waals surface area contributed by atoms with E-state index in [1.165, 1.54) is 0 Å². The molecule has 6 nitrogen and oxygen atoms in total. The fraction of sp³-hybridized carbons (Fsp3) is 0.600. The minimum atomic E-state index is -0.343. The van der Waals surface area contributed by atoms with Crippen LogP contribution >= 0.6 is 0 Å². The zero-order chi connectivity index (χ0) is 15.0. The number of fused-ring (bicyclic) bond motifs is 2. The number of piperidine rings is 1. The molecule has 0 aliphatic carbocycles. The van der Waals surface area contributed by atoms with Crippen molar-refractivity contribution in [3.05, 3.63) is 33.9 Å². The van der Waals surface area contributed by atoms with E-state index < -0.39 is 0 Å². The Labute approximate surface area is 123 Å². The summed E-state index contributed by atoms with van der Waals surface area (Å²) in [6, 6.07) is 6.22. The van der Waals surface area contributed by atoms with Gasteiger partial charge in [0.05, 0.1) is 11.0 Å². The van der Waals surface area contributed by atoms with E-state index in [1.54, 1.807) is 19.2 Å². The second-order valence-electron chi connectivity index (χ2n) is 6.04. The number of nitro benzene ring substituents is 1. The van der Waals surface area contributed by atoms with Crippen LogP contribution < -0.4 is 5.32 Å².